The molecule has 4 heterocycles. The molecule has 176 valence electrons. The van der Waals surface area contributed by atoms with Gasteiger partial charge in [0, 0.05) is 30.3 Å². The molecule has 2 unspecified atom stereocenters. The monoisotopic (exact) mass is 467 g/mol. The summed E-state index contributed by atoms with van der Waals surface area (Å²) in [6.45, 7) is 3.08. The maximum absolute atomic E-state index is 13.5. The lowest BCUT2D eigenvalue weighted by Gasteiger charge is -2.24. The summed E-state index contributed by atoms with van der Waals surface area (Å²) in [5.74, 6) is 8.24. The molecule has 8 nitrogen and oxygen atoms in total. The standard InChI is InChI=1S/C27H25N5O3/c1-16-29-14-23-26(28)30-21-10-7-18(13-22(21)32(16)23)27(33)31(2)24-15-35-25-12-17(6-9-20(24)25)5-8-19-4-3-11-34-19/h6-7,9-10,12-14,19,24H,3-4,11,15H2,1-2H3,(H2,28,30). The number of nitrogen functional groups attached to an aromatic ring is 1. The van der Waals surface area contributed by atoms with Crippen LogP contribution in [0, 0.1) is 18.8 Å². The Bertz CT molecular complexity index is 1540. The van der Waals surface area contributed by atoms with Crippen molar-refractivity contribution >= 4 is 28.3 Å². The molecule has 1 amide bonds. The number of hydrogen-bond donors (Lipinski definition) is 1. The van der Waals surface area contributed by atoms with Gasteiger partial charge in [0.1, 0.15) is 35.6 Å². The third-order valence-corrected chi connectivity index (χ3v) is 6.77. The first-order chi connectivity index (χ1) is 17.0. The van der Waals surface area contributed by atoms with Crippen molar-refractivity contribution in [3.63, 3.8) is 0 Å². The van der Waals surface area contributed by atoms with Gasteiger partial charge in [-0.1, -0.05) is 17.9 Å². The highest BCUT2D eigenvalue weighted by Gasteiger charge is 2.31. The van der Waals surface area contributed by atoms with Gasteiger partial charge in [-0.25, -0.2) is 9.97 Å². The number of ether oxygens (including phenoxy) is 2. The lowest BCUT2D eigenvalue weighted by molar-refractivity contribution is 0.0708. The van der Waals surface area contributed by atoms with E-state index in [0.29, 0.717) is 23.5 Å². The van der Waals surface area contributed by atoms with Gasteiger partial charge < -0.3 is 20.1 Å². The zero-order valence-corrected chi connectivity index (χ0v) is 19.6. The first-order valence-corrected chi connectivity index (χ1v) is 11.7. The Labute approximate surface area is 202 Å². The average Bonchev–Trinajstić information content (AvgIpc) is 3.62. The fourth-order valence-corrected chi connectivity index (χ4v) is 4.84. The molecule has 4 aromatic rings. The van der Waals surface area contributed by atoms with Gasteiger partial charge >= 0.3 is 0 Å². The molecule has 35 heavy (non-hydrogen) atoms. The third-order valence-electron chi connectivity index (χ3n) is 6.77. The van der Waals surface area contributed by atoms with E-state index >= 15 is 0 Å². The van der Waals surface area contributed by atoms with Crippen molar-refractivity contribution in [3.05, 3.63) is 65.1 Å². The van der Waals surface area contributed by atoms with Gasteiger partial charge in [0.2, 0.25) is 0 Å². The van der Waals surface area contributed by atoms with Crippen molar-refractivity contribution in [1.82, 2.24) is 19.3 Å². The van der Waals surface area contributed by atoms with Crippen molar-refractivity contribution in [1.29, 1.82) is 0 Å². The number of aryl methyl sites for hydroxylation is 1. The number of carbonyl (C=O) groups excluding carboxylic acids is 1. The van der Waals surface area contributed by atoms with Crippen LogP contribution in [0.4, 0.5) is 5.82 Å². The number of rotatable bonds is 2. The topological polar surface area (TPSA) is 95.0 Å². The van der Waals surface area contributed by atoms with Gasteiger partial charge in [0.25, 0.3) is 5.91 Å². The summed E-state index contributed by atoms with van der Waals surface area (Å²) >= 11 is 0. The van der Waals surface area contributed by atoms with Gasteiger partial charge in [-0.3, -0.25) is 9.20 Å². The quantitative estimate of drug-likeness (QED) is 0.454. The number of aromatic nitrogens is 3. The average molecular weight is 468 g/mol. The maximum atomic E-state index is 13.5. The van der Waals surface area contributed by atoms with E-state index in [0.717, 1.165) is 53.2 Å². The molecule has 0 aliphatic carbocycles. The first kappa shape index (κ1) is 21.4. The van der Waals surface area contributed by atoms with Crippen LogP contribution in [-0.2, 0) is 4.74 Å². The Hall–Kier alpha value is -4.09. The van der Waals surface area contributed by atoms with Crippen LogP contribution in [0.25, 0.3) is 16.6 Å². The second-order valence-corrected chi connectivity index (χ2v) is 8.99. The Balaban J connectivity index is 1.28. The minimum absolute atomic E-state index is 0.0154. The predicted octanol–water partition coefficient (Wildman–Crippen LogP) is 3.51. The van der Waals surface area contributed by atoms with Gasteiger partial charge in [-0.05, 0) is 50.1 Å². The summed E-state index contributed by atoms with van der Waals surface area (Å²) in [5.41, 5.74) is 10.7. The van der Waals surface area contributed by atoms with Crippen LogP contribution in [0.15, 0.2) is 42.6 Å². The Kier molecular flexibility index (Phi) is 5.08. The summed E-state index contributed by atoms with van der Waals surface area (Å²) < 4.78 is 13.5. The zero-order chi connectivity index (χ0) is 24.1. The van der Waals surface area contributed by atoms with Crippen molar-refractivity contribution in [3.8, 4) is 17.6 Å². The normalized spacial score (nSPS) is 18.8. The van der Waals surface area contributed by atoms with Crippen molar-refractivity contribution in [2.45, 2.75) is 31.9 Å². The van der Waals surface area contributed by atoms with E-state index < -0.39 is 0 Å². The highest BCUT2D eigenvalue weighted by atomic mass is 16.5. The molecule has 0 radical (unpaired) electrons. The number of anilines is 1. The third kappa shape index (κ3) is 3.65. The molecule has 6 rings (SSSR count). The van der Waals surface area contributed by atoms with Crippen molar-refractivity contribution in [2.24, 2.45) is 0 Å². The number of amides is 1. The first-order valence-electron chi connectivity index (χ1n) is 11.7. The molecule has 1 saturated heterocycles. The molecule has 1 fully saturated rings. The second kappa shape index (κ2) is 8.29. The number of nitrogens with two attached hydrogens (primary N) is 1. The molecule has 0 bridgehead atoms. The summed E-state index contributed by atoms with van der Waals surface area (Å²) in [7, 11) is 1.81. The summed E-state index contributed by atoms with van der Waals surface area (Å²) in [6.07, 6.45) is 3.75. The molecule has 2 aromatic heterocycles. The van der Waals surface area contributed by atoms with E-state index in [1.807, 2.05) is 41.7 Å². The number of benzene rings is 2. The molecule has 0 saturated carbocycles. The summed E-state index contributed by atoms with van der Waals surface area (Å²) in [4.78, 5) is 24.1. The molecule has 0 spiro atoms. The van der Waals surface area contributed by atoms with E-state index in [2.05, 4.69) is 21.8 Å². The Morgan fingerprint density at radius 1 is 1.23 bits per heavy atom. The SMILES string of the molecule is Cc1ncc2c(N)nc3ccc(C(=O)N(C)C4COc5cc(C#CC6CCCO6)ccc54)cc3n12. The molecule has 2 N–H and O–H groups in total. The predicted molar refractivity (Wildman–Crippen MR) is 132 cm³/mol. The number of imidazole rings is 1. The Morgan fingerprint density at radius 2 is 2.11 bits per heavy atom. The van der Waals surface area contributed by atoms with Crippen LogP contribution < -0.4 is 10.5 Å². The van der Waals surface area contributed by atoms with E-state index in [-0.39, 0.29) is 18.1 Å². The number of hydrogen-bond acceptors (Lipinski definition) is 6. The number of carbonyl (C=O) groups is 1. The maximum Gasteiger partial charge on any atom is 0.254 e. The number of nitrogens with zero attached hydrogens (tertiary/aromatic N) is 4. The van der Waals surface area contributed by atoms with Crippen molar-refractivity contribution < 1.29 is 14.3 Å². The fraction of sp³-hybridized carbons (Fsp3) is 0.296. The van der Waals surface area contributed by atoms with Crippen LogP contribution in [-0.4, -0.2) is 51.5 Å². The highest BCUT2D eigenvalue weighted by molar-refractivity contribution is 5.98. The van der Waals surface area contributed by atoms with E-state index in [9.17, 15) is 4.79 Å². The lowest BCUT2D eigenvalue weighted by atomic mass is 10.0. The Morgan fingerprint density at radius 3 is 2.94 bits per heavy atom. The summed E-state index contributed by atoms with van der Waals surface area (Å²) in [5, 5.41) is 0. The zero-order valence-electron chi connectivity index (χ0n) is 19.6. The smallest absolute Gasteiger partial charge is 0.254 e. The van der Waals surface area contributed by atoms with Gasteiger partial charge in [0.15, 0.2) is 0 Å². The van der Waals surface area contributed by atoms with Gasteiger partial charge in [-0.2, -0.15) is 0 Å². The van der Waals surface area contributed by atoms with Crippen LogP contribution in [0.3, 0.4) is 0 Å². The number of fused-ring (bicyclic) bond motifs is 4. The summed E-state index contributed by atoms with van der Waals surface area (Å²) in [6, 6.07) is 11.2. The van der Waals surface area contributed by atoms with E-state index in [4.69, 9.17) is 15.2 Å². The molecule has 2 aliphatic rings. The van der Waals surface area contributed by atoms with Crippen LogP contribution in [0.2, 0.25) is 0 Å². The molecular formula is C27H25N5O3. The minimum Gasteiger partial charge on any atom is -0.491 e. The molecular weight excluding hydrogens is 442 g/mol. The molecule has 2 atom stereocenters. The van der Waals surface area contributed by atoms with Crippen LogP contribution in [0.1, 0.15) is 46.2 Å². The lowest BCUT2D eigenvalue weighted by Crippen LogP contribution is -2.32. The second-order valence-electron chi connectivity index (χ2n) is 8.99. The molecule has 2 aliphatic heterocycles. The fourth-order valence-electron chi connectivity index (χ4n) is 4.84. The van der Waals surface area contributed by atoms with Crippen LogP contribution >= 0.6 is 0 Å². The van der Waals surface area contributed by atoms with Gasteiger partial charge in [0.05, 0.1) is 23.3 Å². The van der Waals surface area contributed by atoms with E-state index in [1.165, 1.54) is 0 Å². The minimum atomic E-state index is -0.187. The van der Waals surface area contributed by atoms with E-state index in [1.54, 1.807) is 24.2 Å². The number of likely N-dealkylation sites (N-methyl/N-ethyl adjacent to an activating group) is 1. The largest absolute Gasteiger partial charge is 0.491 e. The highest BCUT2D eigenvalue weighted by Crippen LogP contribution is 2.37. The van der Waals surface area contributed by atoms with Crippen molar-refractivity contribution in [2.75, 3.05) is 26.0 Å². The molecule has 2 aromatic carbocycles. The molecule has 8 heteroatoms. The van der Waals surface area contributed by atoms with Gasteiger partial charge in [-0.15, -0.1) is 0 Å². The van der Waals surface area contributed by atoms with Crippen LogP contribution in [0.5, 0.6) is 5.75 Å².